The smallest absolute Gasteiger partial charge is 0.330 e. The zero-order valence-corrected chi connectivity index (χ0v) is 24.5. The normalized spacial score (nSPS) is 16.1. The predicted molar refractivity (Wildman–Crippen MR) is 169 cm³/mol. The van der Waals surface area contributed by atoms with E-state index in [2.05, 4.69) is 23.6 Å². The Morgan fingerprint density at radius 3 is 2.43 bits per heavy atom. The molecule has 1 heterocycles. The number of amides is 1. The van der Waals surface area contributed by atoms with Crippen molar-refractivity contribution in [2.24, 2.45) is 10.8 Å². The molecule has 1 fully saturated rings. The van der Waals surface area contributed by atoms with Crippen LogP contribution in [0.4, 0.5) is 5.69 Å². The molecule has 0 radical (unpaired) electrons. The molecule has 0 aromatic heterocycles. The molecule has 1 unspecified atom stereocenters. The average molecular weight is 567 g/mol. The number of unbranched alkanes of at least 4 members (excludes halogenated alkanes) is 3. The van der Waals surface area contributed by atoms with Crippen LogP contribution in [0.2, 0.25) is 0 Å². The summed E-state index contributed by atoms with van der Waals surface area (Å²) in [4.78, 5) is 34.0. The lowest BCUT2D eigenvalue weighted by Gasteiger charge is -2.29. The lowest BCUT2D eigenvalue weighted by Crippen LogP contribution is -2.49. The topological polar surface area (TPSA) is 88.2 Å². The number of methoxy groups -OCH3 is 1. The maximum Gasteiger partial charge on any atom is 0.330 e. The van der Waals surface area contributed by atoms with Crippen molar-refractivity contribution in [3.8, 4) is 0 Å². The van der Waals surface area contributed by atoms with Gasteiger partial charge in [0.2, 0.25) is 0 Å². The number of ether oxygens (including phenoxy) is 1. The molecule has 0 spiro atoms. The molecule has 4 rings (SSSR count). The van der Waals surface area contributed by atoms with E-state index in [0.29, 0.717) is 29.9 Å². The summed E-state index contributed by atoms with van der Waals surface area (Å²) in [6.07, 6.45) is 7.91. The van der Waals surface area contributed by atoms with Crippen molar-refractivity contribution in [3.63, 3.8) is 0 Å². The Hall–Kier alpha value is -4.07. The molecule has 3 aromatic rings. The number of carbonyl (C=O) groups is 2. The molecule has 3 aromatic carbocycles. The van der Waals surface area contributed by atoms with Crippen molar-refractivity contribution >= 4 is 23.3 Å². The number of aliphatic imine (C=N–C) groups is 1. The van der Waals surface area contributed by atoms with Crippen LogP contribution in [0.25, 0.3) is 0 Å². The van der Waals surface area contributed by atoms with Crippen LogP contribution in [0.3, 0.4) is 0 Å². The second kappa shape index (κ2) is 15.8. The average Bonchev–Trinajstić information content (AvgIpc) is 3.50. The highest BCUT2D eigenvalue weighted by Crippen LogP contribution is 2.28. The van der Waals surface area contributed by atoms with Gasteiger partial charge in [-0.3, -0.25) is 14.7 Å². The van der Waals surface area contributed by atoms with E-state index in [9.17, 15) is 9.59 Å². The molecule has 2 atom stereocenters. The number of rotatable bonds is 14. The van der Waals surface area contributed by atoms with Gasteiger partial charge < -0.3 is 4.74 Å². The van der Waals surface area contributed by atoms with Gasteiger partial charge in [-0.15, -0.1) is 6.58 Å². The first-order valence-electron chi connectivity index (χ1n) is 14.8. The highest BCUT2D eigenvalue weighted by Gasteiger charge is 2.34. The van der Waals surface area contributed by atoms with E-state index in [1.807, 2.05) is 78.9 Å². The van der Waals surface area contributed by atoms with Crippen molar-refractivity contribution < 1.29 is 14.3 Å². The number of benzene rings is 3. The highest BCUT2D eigenvalue weighted by molar-refractivity contribution is 6.18. The van der Waals surface area contributed by atoms with Crippen LogP contribution in [-0.2, 0) is 20.9 Å². The number of anilines is 1. The monoisotopic (exact) mass is 566 g/mol. The number of para-hydroxylation sites is 1. The van der Waals surface area contributed by atoms with Crippen molar-refractivity contribution in [2.75, 3.05) is 18.7 Å². The molecule has 1 saturated heterocycles. The Morgan fingerprint density at radius 2 is 1.71 bits per heavy atom. The zero-order valence-electron chi connectivity index (χ0n) is 24.5. The van der Waals surface area contributed by atoms with E-state index >= 15 is 0 Å². The second-order valence-corrected chi connectivity index (χ2v) is 10.6. The van der Waals surface area contributed by atoms with Crippen molar-refractivity contribution in [2.45, 2.75) is 63.6 Å². The van der Waals surface area contributed by atoms with Crippen molar-refractivity contribution in [1.29, 1.82) is 0 Å². The van der Waals surface area contributed by atoms with Gasteiger partial charge in [-0.1, -0.05) is 97.8 Å². The Morgan fingerprint density at radius 1 is 1.02 bits per heavy atom. The summed E-state index contributed by atoms with van der Waals surface area (Å²) >= 11 is 0. The van der Waals surface area contributed by atoms with Gasteiger partial charge in [-0.2, -0.15) is 0 Å². The first-order valence-corrected chi connectivity index (χ1v) is 14.8. The predicted octanol–water partition coefficient (Wildman–Crippen LogP) is 6.07. The third-order valence-electron chi connectivity index (χ3n) is 7.72. The second-order valence-electron chi connectivity index (χ2n) is 10.6. The van der Waals surface area contributed by atoms with Gasteiger partial charge in [0, 0.05) is 17.7 Å². The number of nitrogens with zero attached hydrogens (tertiary/aromatic N) is 3. The third-order valence-corrected chi connectivity index (χ3v) is 7.72. The third kappa shape index (κ3) is 8.02. The fourth-order valence-electron chi connectivity index (χ4n) is 5.50. The van der Waals surface area contributed by atoms with Gasteiger partial charge in [0.05, 0.1) is 24.6 Å². The first kappa shape index (κ1) is 30.9. The number of carbonyl (C=O) groups excluding carboxylic acids is 2. The lowest BCUT2D eigenvalue weighted by atomic mass is 9.98. The van der Waals surface area contributed by atoms with Crippen LogP contribution in [0.1, 0.15) is 61.6 Å². The molecule has 2 N–H and O–H groups in total. The van der Waals surface area contributed by atoms with Crippen LogP contribution in [0.5, 0.6) is 0 Å². The van der Waals surface area contributed by atoms with Crippen LogP contribution in [0.15, 0.2) is 103 Å². The molecular weight excluding hydrogens is 524 g/mol. The van der Waals surface area contributed by atoms with Gasteiger partial charge in [0.25, 0.3) is 5.91 Å². The molecule has 220 valence electrons. The molecule has 1 amide bonds. The Labute approximate surface area is 249 Å². The van der Waals surface area contributed by atoms with Crippen LogP contribution in [-0.4, -0.2) is 48.2 Å². The molecule has 0 saturated carbocycles. The quantitative estimate of drug-likeness (QED) is 0.0487. The number of hydrazine groups is 1. The number of hydrogen-bond donors (Lipinski definition) is 1. The summed E-state index contributed by atoms with van der Waals surface area (Å²) in [5, 5.41) is 1.27. The molecule has 1 aliphatic heterocycles. The number of hydrogen-bond acceptors (Lipinski definition) is 6. The maximum absolute atomic E-state index is 13.9. The van der Waals surface area contributed by atoms with E-state index in [-0.39, 0.29) is 17.9 Å². The molecule has 42 heavy (non-hydrogen) atoms. The van der Waals surface area contributed by atoms with E-state index in [4.69, 9.17) is 15.6 Å². The van der Waals surface area contributed by atoms with E-state index in [0.717, 1.165) is 56.2 Å². The summed E-state index contributed by atoms with van der Waals surface area (Å²) in [5.41, 5.74) is 3.83. The van der Waals surface area contributed by atoms with Crippen LogP contribution in [0, 0.1) is 0 Å². The van der Waals surface area contributed by atoms with E-state index in [1.54, 1.807) is 0 Å². The lowest BCUT2D eigenvalue weighted by molar-refractivity contribution is -0.142. The maximum atomic E-state index is 13.9. The molecule has 7 heteroatoms. The highest BCUT2D eigenvalue weighted by atomic mass is 16.5. The summed E-state index contributed by atoms with van der Waals surface area (Å²) in [6.45, 7) is 5.32. The van der Waals surface area contributed by atoms with Gasteiger partial charge in [0.1, 0.15) is 6.04 Å². The fraction of sp³-hybridized carbons (Fsp3) is 0.343. The van der Waals surface area contributed by atoms with E-state index < -0.39 is 6.04 Å². The molecule has 7 nitrogen and oxygen atoms in total. The fourth-order valence-corrected chi connectivity index (χ4v) is 5.50. The summed E-state index contributed by atoms with van der Waals surface area (Å²) in [7, 11) is 1.39. The molecule has 1 aliphatic rings. The summed E-state index contributed by atoms with van der Waals surface area (Å²) in [5.74, 6) is 6.10. The Bertz CT molecular complexity index is 1340. The van der Waals surface area contributed by atoms with E-state index in [1.165, 1.54) is 12.1 Å². The number of allylic oxidation sites excluding steroid dienone is 1. The van der Waals surface area contributed by atoms with Gasteiger partial charge >= 0.3 is 5.97 Å². The van der Waals surface area contributed by atoms with Crippen molar-refractivity contribution in [1.82, 2.24) is 4.90 Å². The number of nitrogens with two attached hydrogens (primary N) is 1. The summed E-state index contributed by atoms with van der Waals surface area (Å²) in [6, 6.07) is 26.4. The standard InChI is InChI=1S/C35H42N4O3/c1-3-4-5-6-13-22-30(35(41)42-2)37-33(28-19-11-8-12-20-28)29-21-14-15-23-31(29)39(36)34(40)32-24-16-25-38(32)26-27-17-9-7-10-18-27/h3,7-12,14-15,17-21,23,30,32H,1,4-6,13,16,22,24-26,36H2,2H3/t30-,32?/m0/s1. The minimum Gasteiger partial charge on any atom is -0.467 e. The molecular formula is C35H42N4O3. The van der Waals surface area contributed by atoms with Crippen LogP contribution >= 0.6 is 0 Å². The van der Waals surface area contributed by atoms with Gasteiger partial charge in [-0.05, 0) is 50.3 Å². The van der Waals surface area contributed by atoms with Gasteiger partial charge in [0.15, 0.2) is 0 Å². The SMILES string of the molecule is C=CCCCCC[C@H](N=C(c1ccccc1)c1ccccc1N(N)C(=O)C1CCCN1Cc1ccccc1)C(=O)OC. The van der Waals surface area contributed by atoms with Gasteiger partial charge in [-0.25, -0.2) is 15.6 Å². The minimum absolute atomic E-state index is 0.157. The Balaban J connectivity index is 1.65. The first-order chi connectivity index (χ1) is 20.5. The Kier molecular flexibility index (Phi) is 11.6. The zero-order chi connectivity index (χ0) is 29.7. The number of likely N-dealkylation sites (tertiary alicyclic amines) is 1. The number of esters is 1. The van der Waals surface area contributed by atoms with Crippen molar-refractivity contribution in [3.05, 3.63) is 114 Å². The minimum atomic E-state index is -0.680. The molecule has 0 bridgehead atoms. The molecule has 0 aliphatic carbocycles. The summed E-state index contributed by atoms with van der Waals surface area (Å²) < 4.78 is 5.15. The largest absolute Gasteiger partial charge is 0.467 e. The van der Waals surface area contributed by atoms with Crippen LogP contribution < -0.4 is 10.9 Å².